The van der Waals surface area contributed by atoms with Crippen LogP contribution in [0.3, 0.4) is 0 Å². The van der Waals surface area contributed by atoms with Crippen molar-refractivity contribution in [2.75, 3.05) is 32.7 Å². The molecule has 1 aliphatic carbocycles. The van der Waals surface area contributed by atoms with Crippen LogP contribution in [0.15, 0.2) is 30.3 Å². The highest BCUT2D eigenvalue weighted by molar-refractivity contribution is 5.78. The molecular weight excluding hydrogens is 264 g/mol. The number of aliphatic hydroxyl groups excluding tert-OH is 1. The monoisotopic (exact) mass is 288 g/mol. The number of rotatable bonds is 5. The molecule has 0 unspecified atom stereocenters. The second kappa shape index (κ2) is 6.58. The smallest absolute Gasteiger partial charge is 0.227 e. The van der Waals surface area contributed by atoms with Gasteiger partial charge in [-0.25, -0.2) is 0 Å². The highest BCUT2D eigenvalue weighted by Crippen LogP contribution is 2.32. The summed E-state index contributed by atoms with van der Waals surface area (Å²) in [7, 11) is 0. The molecule has 1 atom stereocenters. The minimum absolute atomic E-state index is 0.170. The molecule has 1 saturated heterocycles. The summed E-state index contributed by atoms with van der Waals surface area (Å²) in [5.41, 5.74) is 1.08. The number of hydrogen-bond donors (Lipinski definition) is 1. The Labute approximate surface area is 126 Å². The van der Waals surface area contributed by atoms with Crippen LogP contribution in [0.4, 0.5) is 0 Å². The average molecular weight is 288 g/mol. The van der Waals surface area contributed by atoms with E-state index in [-0.39, 0.29) is 12.0 Å². The Morgan fingerprint density at radius 1 is 1.14 bits per heavy atom. The van der Waals surface area contributed by atoms with Crippen LogP contribution < -0.4 is 0 Å². The van der Waals surface area contributed by atoms with E-state index >= 15 is 0 Å². The van der Waals surface area contributed by atoms with Crippen molar-refractivity contribution < 1.29 is 9.90 Å². The van der Waals surface area contributed by atoms with Crippen LogP contribution in [0.1, 0.15) is 18.4 Å². The van der Waals surface area contributed by atoms with E-state index in [4.69, 9.17) is 0 Å². The third-order valence-electron chi connectivity index (χ3n) is 4.53. The van der Waals surface area contributed by atoms with Gasteiger partial charge in [-0.2, -0.15) is 0 Å². The molecule has 1 aromatic carbocycles. The molecule has 2 aliphatic rings. The average Bonchev–Trinajstić information content (AvgIpc) is 3.33. The largest absolute Gasteiger partial charge is 0.392 e. The highest BCUT2D eigenvalue weighted by Gasteiger charge is 2.31. The lowest BCUT2D eigenvalue weighted by atomic mass is 10.1. The number of piperazine rings is 1. The van der Waals surface area contributed by atoms with E-state index in [1.165, 1.54) is 12.8 Å². The number of nitrogens with zero attached hydrogens (tertiary/aromatic N) is 2. The molecule has 3 rings (SSSR count). The van der Waals surface area contributed by atoms with Gasteiger partial charge in [0.05, 0.1) is 12.5 Å². The Balaban J connectivity index is 1.43. The van der Waals surface area contributed by atoms with Crippen molar-refractivity contribution in [3.8, 4) is 0 Å². The first-order valence-electron chi connectivity index (χ1n) is 7.94. The molecule has 2 fully saturated rings. The Morgan fingerprint density at radius 2 is 1.81 bits per heavy atom. The second-order valence-corrected chi connectivity index (χ2v) is 6.25. The minimum Gasteiger partial charge on any atom is -0.392 e. The number of aliphatic hydroxyl groups is 1. The molecule has 4 nitrogen and oxygen atoms in total. The van der Waals surface area contributed by atoms with Gasteiger partial charge in [0.2, 0.25) is 5.91 Å². The Morgan fingerprint density at radius 3 is 2.43 bits per heavy atom. The third-order valence-corrected chi connectivity index (χ3v) is 4.53. The van der Waals surface area contributed by atoms with Crippen LogP contribution >= 0.6 is 0 Å². The van der Waals surface area contributed by atoms with Gasteiger partial charge >= 0.3 is 0 Å². The summed E-state index contributed by atoms with van der Waals surface area (Å²) in [5.74, 6) is 0.742. The van der Waals surface area contributed by atoms with E-state index in [2.05, 4.69) is 4.90 Å². The highest BCUT2D eigenvalue weighted by atomic mass is 16.3. The van der Waals surface area contributed by atoms with E-state index in [1.54, 1.807) is 0 Å². The van der Waals surface area contributed by atoms with Gasteiger partial charge < -0.3 is 10.0 Å². The van der Waals surface area contributed by atoms with Crippen molar-refractivity contribution in [2.45, 2.75) is 25.4 Å². The molecule has 0 spiro atoms. The van der Waals surface area contributed by atoms with Gasteiger partial charge in [-0.15, -0.1) is 0 Å². The van der Waals surface area contributed by atoms with Gasteiger partial charge in [0.1, 0.15) is 0 Å². The summed E-state index contributed by atoms with van der Waals surface area (Å²) in [6, 6.07) is 9.91. The fourth-order valence-electron chi connectivity index (χ4n) is 2.96. The predicted molar refractivity (Wildman–Crippen MR) is 81.9 cm³/mol. The molecule has 1 N–H and O–H groups in total. The number of carbonyl (C=O) groups is 1. The third kappa shape index (κ3) is 4.05. The standard InChI is InChI=1S/C17H24N2O2/c20-16(15-6-7-15)13-18-8-10-19(11-9-18)17(21)12-14-4-2-1-3-5-14/h1-5,15-16,20H,6-13H2/t16-/m1/s1. The molecule has 0 aromatic heterocycles. The SMILES string of the molecule is O=C(Cc1ccccc1)N1CCN(C[C@@H](O)C2CC2)CC1. The lowest BCUT2D eigenvalue weighted by Crippen LogP contribution is -2.51. The van der Waals surface area contributed by atoms with Crippen LogP contribution in [-0.4, -0.2) is 59.6 Å². The van der Waals surface area contributed by atoms with Crippen LogP contribution in [0.25, 0.3) is 0 Å². The maximum atomic E-state index is 12.3. The second-order valence-electron chi connectivity index (χ2n) is 6.25. The van der Waals surface area contributed by atoms with Crippen LogP contribution in [0.5, 0.6) is 0 Å². The van der Waals surface area contributed by atoms with Gasteiger partial charge in [-0.05, 0) is 24.3 Å². The first-order chi connectivity index (χ1) is 10.2. The van der Waals surface area contributed by atoms with Gasteiger partial charge in [0, 0.05) is 32.7 Å². The Kier molecular flexibility index (Phi) is 4.56. The number of amides is 1. The molecule has 1 heterocycles. The lowest BCUT2D eigenvalue weighted by Gasteiger charge is -2.35. The van der Waals surface area contributed by atoms with Gasteiger partial charge in [-0.3, -0.25) is 9.69 Å². The molecule has 4 heteroatoms. The summed E-state index contributed by atoms with van der Waals surface area (Å²) in [6.07, 6.45) is 2.68. The molecule has 21 heavy (non-hydrogen) atoms. The van der Waals surface area contributed by atoms with Crippen molar-refractivity contribution in [3.05, 3.63) is 35.9 Å². The maximum Gasteiger partial charge on any atom is 0.227 e. The minimum atomic E-state index is -0.170. The fraction of sp³-hybridized carbons (Fsp3) is 0.588. The molecule has 0 bridgehead atoms. The first-order valence-corrected chi connectivity index (χ1v) is 7.94. The number of hydrogen-bond acceptors (Lipinski definition) is 3. The molecule has 1 saturated carbocycles. The fourth-order valence-corrected chi connectivity index (χ4v) is 2.96. The van der Waals surface area contributed by atoms with Crippen LogP contribution in [0, 0.1) is 5.92 Å². The van der Waals surface area contributed by atoms with E-state index in [1.807, 2.05) is 35.2 Å². The van der Waals surface area contributed by atoms with Gasteiger partial charge in [-0.1, -0.05) is 30.3 Å². The van der Waals surface area contributed by atoms with Crippen molar-refractivity contribution >= 4 is 5.91 Å². The molecule has 114 valence electrons. The van der Waals surface area contributed by atoms with E-state index < -0.39 is 0 Å². The summed E-state index contributed by atoms with van der Waals surface area (Å²) in [5, 5.41) is 9.99. The molecule has 1 amide bonds. The lowest BCUT2D eigenvalue weighted by molar-refractivity contribution is -0.132. The van der Waals surface area contributed by atoms with Crippen molar-refractivity contribution in [1.29, 1.82) is 0 Å². The van der Waals surface area contributed by atoms with Gasteiger partial charge in [0.25, 0.3) is 0 Å². The Hall–Kier alpha value is -1.39. The van der Waals surface area contributed by atoms with E-state index in [0.29, 0.717) is 12.3 Å². The maximum absolute atomic E-state index is 12.3. The zero-order valence-electron chi connectivity index (χ0n) is 12.4. The van der Waals surface area contributed by atoms with Crippen molar-refractivity contribution in [2.24, 2.45) is 5.92 Å². The molecule has 0 radical (unpaired) electrons. The zero-order chi connectivity index (χ0) is 14.7. The van der Waals surface area contributed by atoms with Crippen molar-refractivity contribution in [1.82, 2.24) is 9.80 Å². The quantitative estimate of drug-likeness (QED) is 0.884. The summed E-state index contributed by atoms with van der Waals surface area (Å²) in [6.45, 7) is 4.09. The summed E-state index contributed by atoms with van der Waals surface area (Å²) < 4.78 is 0. The topological polar surface area (TPSA) is 43.8 Å². The summed E-state index contributed by atoms with van der Waals surface area (Å²) in [4.78, 5) is 16.5. The van der Waals surface area contributed by atoms with Gasteiger partial charge in [0.15, 0.2) is 0 Å². The van der Waals surface area contributed by atoms with E-state index in [0.717, 1.165) is 38.3 Å². The normalized spacial score (nSPS) is 21.3. The summed E-state index contributed by atoms with van der Waals surface area (Å²) >= 11 is 0. The number of carbonyl (C=O) groups excluding carboxylic acids is 1. The number of benzene rings is 1. The molecule has 1 aliphatic heterocycles. The van der Waals surface area contributed by atoms with Crippen LogP contribution in [-0.2, 0) is 11.2 Å². The van der Waals surface area contributed by atoms with E-state index in [9.17, 15) is 9.90 Å². The predicted octanol–water partition coefficient (Wildman–Crippen LogP) is 1.14. The first kappa shape index (κ1) is 14.5. The molecule has 1 aromatic rings. The number of β-amino-alcohol motifs (C(OH)–C–C–N with tert-alkyl or cyclic N) is 1. The zero-order valence-corrected chi connectivity index (χ0v) is 12.4. The van der Waals surface area contributed by atoms with Crippen molar-refractivity contribution in [3.63, 3.8) is 0 Å². The van der Waals surface area contributed by atoms with Crippen LogP contribution in [0.2, 0.25) is 0 Å². The Bertz CT molecular complexity index is 465. The molecular formula is C17H24N2O2.